The fraction of sp³-hybridized carbons (Fsp3) is 0.529. The number of hydrogen-bond donors (Lipinski definition) is 1. The zero-order valence-electron chi connectivity index (χ0n) is 12.8. The molecule has 2 unspecified atom stereocenters. The van der Waals surface area contributed by atoms with E-state index in [0.29, 0.717) is 17.7 Å². The minimum absolute atomic E-state index is 0.573. The molecule has 4 heteroatoms. The molecule has 0 spiro atoms. The number of nitrogens with one attached hydrogen (secondary N) is 1. The quantitative estimate of drug-likeness (QED) is 0.937. The summed E-state index contributed by atoms with van der Waals surface area (Å²) >= 11 is 0. The zero-order valence-corrected chi connectivity index (χ0v) is 12.8. The summed E-state index contributed by atoms with van der Waals surface area (Å²) in [6.45, 7) is 6.62. The summed E-state index contributed by atoms with van der Waals surface area (Å²) < 4.78 is 5.44. The van der Waals surface area contributed by atoms with Gasteiger partial charge < -0.3 is 9.84 Å². The molecule has 1 aromatic heterocycles. The van der Waals surface area contributed by atoms with E-state index in [1.807, 2.05) is 12.1 Å². The summed E-state index contributed by atoms with van der Waals surface area (Å²) in [6.07, 6.45) is 3.44. The van der Waals surface area contributed by atoms with Crippen molar-refractivity contribution >= 4 is 0 Å². The molecule has 2 aromatic rings. The second-order valence-corrected chi connectivity index (χ2v) is 6.17. The number of piperidine rings is 1. The first-order valence-electron chi connectivity index (χ1n) is 7.82. The Hall–Kier alpha value is -1.68. The fourth-order valence-corrected chi connectivity index (χ4v) is 3.05. The second kappa shape index (κ2) is 6.39. The van der Waals surface area contributed by atoms with Gasteiger partial charge in [0.1, 0.15) is 0 Å². The molecule has 0 aliphatic carbocycles. The van der Waals surface area contributed by atoms with Crippen molar-refractivity contribution in [2.75, 3.05) is 13.1 Å². The lowest BCUT2D eigenvalue weighted by Gasteiger charge is -2.27. The molecule has 1 fully saturated rings. The average Bonchev–Trinajstić information content (AvgIpc) is 2.97. The van der Waals surface area contributed by atoms with Crippen LogP contribution in [0.15, 0.2) is 28.8 Å². The highest BCUT2D eigenvalue weighted by Gasteiger charge is 2.22. The molecule has 1 aromatic carbocycles. The molecular formula is C17H23N3O. The van der Waals surface area contributed by atoms with Crippen LogP contribution in [-0.4, -0.2) is 23.2 Å². The highest BCUT2D eigenvalue weighted by atomic mass is 16.5. The third-order valence-corrected chi connectivity index (χ3v) is 4.38. The SMILES string of the molecule is Cc1cccc(-c2noc(CC(C)C3CCCNC3)n2)c1. The van der Waals surface area contributed by atoms with Crippen LogP contribution >= 0.6 is 0 Å². The Kier molecular flexibility index (Phi) is 4.34. The summed E-state index contributed by atoms with van der Waals surface area (Å²) in [5.41, 5.74) is 2.23. The zero-order chi connectivity index (χ0) is 14.7. The monoisotopic (exact) mass is 285 g/mol. The molecule has 1 N–H and O–H groups in total. The Balaban J connectivity index is 1.67. The van der Waals surface area contributed by atoms with Crippen LogP contribution in [0, 0.1) is 18.8 Å². The van der Waals surface area contributed by atoms with Gasteiger partial charge in [0, 0.05) is 12.0 Å². The smallest absolute Gasteiger partial charge is 0.227 e. The van der Waals surface area contributed by atoms with Gasteiger partial charge in [-0.25, -0.2) is 0 Å². The number of rotatable bonds is 4. The maximum absolute atomic E-state index is 5.44. The Labute approximate surface area is 126 Å². The molecular weight excluding hydrogens is 262 g/mol. The third-order valence-electron chi connectivity index (χ3n) is 4.38. The van der Waals surface area contributed by atoms with Gasteiger partial charge in [-0.3, -0.25) is 0 Å². The van der Waals surface area contributed by atoms with Gasteiger partial charge in [-0.15, -0.1) is 0 Å². The Morgan fingerprint density at radius 3 is 3.10 bits per heavy atom. The standard InChI is InChI=1S/C17H23N3O/c1-12-5-3-6-14(9-12)17-19-16(21-20-17)10-13(2)15-7-4-8-18-11-15/h3,5-6,9,13,15,18H,4,7-8,10-11H2,1-2H3. The Bertz CT molecular complexity index is 587. The lowest BCUT2D eigenvalue weighted by molar-refractivity contribution is 0.257. The van der Waals surface area contributed by atoms with E-state index in [1.54, 1.807) is 0 Å². The molecule has 3 rings (SSSR count). The van der Waals surface area contributed by atoms with Crippen LogP contribution in [0.4, 0.5) is 0 Å². The Morgan fingerprint density at radius 2 is 2.33 bits per heavy atom. The molecule has 1 aliphatic rings. The first-order valence-corrected chi connectivity index (χ1v) is 7.82. The van der Waals surface area contributed by atoms with Gasteiger partial charge in [-0.2, -0.15) is 4.98 Å². The van der Waals surface area contributed by atoms with E-state index in [-0.39, 0.29) is 0 Å². The van der Waals surface area contributed by atoms with Crippen molar-refractivity contribution in [2.45, 2.75) is 33.1 Å². The van der Waals surface area contributed by atoms with E-state index in [4.69, 9.17) is 4.52 Å². The lowest BCUT2D eigenvalue weighted by Crippen LogP contribution is -2.33. The Morgan fingerprint density at radius 1 is 1.43 bits per heavy atom. The van der Waals surface area contributed by atoms with E-state index >= 15 is 0 Å². The van der Waals surface area contributed by atoms with Crippen molar-refractivity contribution in [3.05, 3.63) is 35.7 Å². The minimum Gasteiger partial charge on any atom is -0.339 e. The molecule has 1 aliphatic heterocycles. The predicted molar refractivity (Wildman–Crippen MR) is 82.9 cm³/mol. The second-order valence-electron chi connectivity index (χ2n) is 6.17. The van der Waals surface area contributed by atoms with E-state index in [1.165, 1.54) is 18.4 Å². The number of benzene rings is 1. The highest BCUT2D eigenvalue weighted by molar-refractivity contribution is 5.55. The van der Waals surface area contributed by atoms with Gasteiger partial charge in [-0.1, -0.05) is 35.8 Å². The van der Waals surface area contributed by atoms with Crippen molar-refractivity contribution in [3.63, 3.8) is 0 Å². The molecule has 0 radical (unpaired) electrons. The number of hydrogen-bond acceptors (Lipinski definition) is 4. The molecule has 21 heavy (non-hydrogen) atoms. The molecule has 0 amide bonds. The number of nitrogens with zero attached hydrogens (tertiary/aromatic N) is 2. The lowest BCUT2D eigenvalue weighted by atomic mass is 9.85. The molecule has 112 valence electrons. The topological polar surface area (TPSA) is 51.0 Å². The van der Waals surface area contributed by atoms with Crippen LogP contribution in [0.5, 0.6) is 0 Å². The summed E-state index contributed by atoms with van der Waals surface area (Å²) in [7, 11) is 0. The van der Waals surface area contributed by atoms with Crippen molar-refractivity contribution < 1.29 is 4.52 Å². The molecule has 4 nitrogen and oxygen atoms in total. The largest absolute Gasteiger partial charge is 0.339 e. The van der Waals surface area contributed by atoms with Crippen molar-refractivity contribution in [1.82, 2.24) is 15.5 Å². The third kappa shape index (κ3) is 3.50. The molecule has 2 heterocycles. The van der Waals surface area contributed by atoms with Gasteiger partial charge in [0.15, 0.2) is 0 Å². The van der Waals surface area contributed by atoms with E-state index in [0.717, 1.165) is 31.0 Å². The maximum Gasteiger partial charge on any atom is 0.227 e. The average molecular weight is 285 g/mol. The predicted octanol–water partition coefficient (Wildman–Crippen LogP) is 3.22. The van der Waals surface area contributed by atoms with Crippen LogP contribution in [0.2, 0.25) is 0 Å². The summed E-state index contributed by atoms with van der Waals surface area (Å²) in [4.78, 5) is 4.56. The van der Waals surface area contributed by atoms with Crippen LogP contribution in [-0.2, 0) is 6.42 Å². The van der Waals surface area contributed by atoms with Crippen molar-refractivity contribution in [2.24, 2.45) is 11.8 Å². The van der Waals surface area contributed by atoms with Gasteiger partial charge in [0.05, 0.1) is 0 Å². The first kappa shape index (κ1) is 14.3. The van der Waals surface area contributed by atoms with Crippen LogP contribution in [0.3, 0.4) is 0 Å². The van der Waals surface area contributed by atoms with Crippen LogP contribution < -0.4 is 5.32 Å². The fourth-order valence-electron chi connectivity index (χ4n) is 3.05. The van der Waals surface area contributed by atoms with E-state index in [9.17, 15) is 0 Å². The summed E-state index contributed by atoms with van der Waals surface area (Å²) in [5.74, 6) is 2.74. The summed E-state index contributed by atoms with van der Waals surface area (Å²) in [5, 5.41) is 7.60. The van der Waals surface area contributed by atoms with Gasteiger partial charge in [-0.05, 0) is 50.8 Å². The van der Waals surface area contributed by atoms with Crippen LogP contribution in [0.1, 0.15) is 31.2 Å². The van der Waals surface area contributed by atoms with Gasteiger partial charge >= 0.3 is 0 Å². The number of aryl methyl sites for hydroxylation is 1. The number of aromatic nitrogens is 2. The van der Waals surface area contributed by atoms with E-state index < -0.39 is 0 Å². The molecule has 1 saturated heterocycles. The van der Waals surface area contributed by atoms with Crippen molar-refractivity contribution in [3.8, 4) is 11.4 Å². The highest BCUT2D eigenvalue weighted by Crippen LogP contribution is 2.24. The normalized spacial score (nSPS) is 20.4. The van der Waals surface area contributed by atoms with Crippen LogP contribution in [0.25, 0.3) is 11.4 Å². The van der Waals surface area contributed by atoms with E-state index in [2.05, 4.69) is 41.4 Å². The van der Waals surface area contributed by atoms with Gasteiger partial charge in [0.2, 0.25) is 11.7 Å². The van der Waals surface area contributed by atoms with Gasteiger partial charge in [0.25, 0.3) is 0 Å². The first-order chi connectivity index (χ1) is 10.2. The summed E-state index contributed by atoms with van der Waals surface area (Å²) in [6, 6.07) is 8.21. The molecule has 0 bridgehead atoms. The van der Waals surface area contributed by atoms with Crippen molar-refractivity contribution in [1.29, 1.82) is 0 Å². The molecule has 2 atom stereocenters. The maximum atomic E-state index is 5.44. The molecule has 0 saturated carbocycles. The minimum atomic E-state index is 0.573.